The summed E-state index contributed by atoms with van der Waals surface area (Å²) in [6.07, 6.45) is 2.22. The van der Waals surface area contributed by atoms with Gasteiger partial charge in [0, 0.05) is 19.6 Å². The van der Waals surface area contributed by atoms with Crippen LogP contribution in [0.4, 0.5) is 0 Å². The van der Waals surface area contributed by atoms with Crippen molar-refractivity contribution in [2.24, 2.45) is 5.92 Å². The number of hydrogen-bond acceptors (Lipinski definition) is 2. The smallest absolute Gasteiger partial charge is 0.0679 e. The zero-order valence-corrected chi connectivity index (χ0v) is 9.55. The second-order valence-corrected chi connectivity index (χ2v) is 5.22. The van der Waals surface area contributed by atoms with Gasteiger partial charge in [-0.25, -0.2) is 0 Å². The molecule has 1 aromatic rings. The summed E-state index contributed by atoms with van der Waals surface area (Å²) < 4.78 is 0. The van der Waals surface area contributed by atoms with E-state index in [1.54, 1.807) is 0 Å². The lowest BCUT2D eigenvalue weighted by molar-refractivity contribution is 0.175. The van der Waals surface area contributed by atoms with E-state index in [2.05, 4.69) is 35.2 Å². The summed E-state index contributed by atoms with van der Waals surface area (Å²) in [5.74, 6) is 1.60. The molecule has 0 aromatic heterocycles. The van der Waals surface area contributed by atoms with Crippen molar-refractivity contribution in [1.29, 1.82) is 0 Å². The predicted octanol–water partition coefficient (Wildman–Crippen LogP) is 1.86. The number of hydrogen-bond donors (Lipinski definition) is 1. The molecule has 16 heavy (non-hydrogen) atoms. The molecule has 2 unspecified atom stereocenters. The van der Waals surface area contributed by atoms with E-state index in [4.69, 9.17) is 0 Å². The van der Waals surface area contributed by atoms with Crippen LogP contribution in [0.2, 0.25) is 0 Å². The van der Waals surface area contributed by atoms with E-state index in [1.807, 2.05) is 0 Å². The lowest BCUT2D eigenvalue weighted by atomic mass is 10.1. The van der Waals surface area contributed by atoms with E-state index < -0.39 is 0 Å². The summed E-state index contributed by atoms with van der Waals surface area (Å²) in [4.78, 5) is 2.41. The van der Waals surface area contributed by atoms with Crippen molar-refractivity contribution < 1.29 is 5.11 Å². The van der Waals surface area contributed by atoms with E-state index in [-0.39, 0.29) is 6.10 Å². The molecule has 0 bridgehead atoms. The van der Waals surface area contributed by atoms with Gasteiger partial charge in [-0.1, -0.05) is 30.3 Å². The summed E-state index contributed by atoms with van der Waals surface area (Å²) in [5.41, 5.74) is 1.49. The average molecular weight is 217 g/mol. The van der Waals surface area contributed by atoms with Crippen LogP contribution in [0.25, 0.3) is 0 Å². The molecule has 0 radical (unpaired) electrons. The van der Waals surface area contributed by atoms with Crippen molar-refractivity contribution in [2.45, 2.75) is 24.9 Å². The summed E-state index contributed by atoms with van der Waals surface area (Å²) in [6, 6.07) is 10.8. The molecule has 1 N–H and O–H groups in total. The number of nitrogens with zero attached hydrogens (tertiary/aromatic N) is 1. The minimum atomic E-state index is -0.0751. The lowest BCUT2D eigenvalue weighted by Crippen LogP contribution is -2.24. The van der Waals surface area contributed by atoms with Gasteiger partial charge >= 0.3 is 0 Å². The van der Waals surface area contributed by atoms with E-state index in [0.29, 0.717) is 0 Å². The van der Waals surface area contributed by atoms with Crippen LogP contribution in [-0.4, -0.2) is 35.7 Å². The van der Waals surface area contributed by atoms with E-state index in [9.17, 15) is 5.11 Å². The first-order valence-electron chi connectivity index (χ1n) is 6.28. The Morgan fingerprint density at radius 2 is 2.06 bits per heavy atom. The lowest BCUT2D eigenvalue weighted by Gasteiger charge is -2.14. The van der Waals surface area contributed by atoms with Gasteiger partial charge in [-0.3, -0.25) is 0 Å². The Hall–Kier alpha value is -0.860. The topological polar surface area (TPSA) is 23.5 Å². The molecule has 1 aromatic carbocycles. The fourth-order valence-corrected chi connectivity index (χ4v) is 2.87. The number of aliphatic hydroxyl groups excluding tert-OH is 1. The first-order chi connectivity index (χ1) is 7.83. The molecule has 0 amide bonds. The summed E-state index contributed by atoms with van der Waals surface area (Å²) in [6.45, 7) is 3.15. The third-order valence-electron chi connectivity index (χ3n) is 3.89. The highest BCUT2D eigenvalue weighted by atomic mass is 16.3. The van der Waals surface area contributed by atoms with Crippen molar-refractivity contribution >= 4 is 0 Å². The normalized spacial score (nSPS) is 34.2. The van der Waals surface area contributed by atoms with Gasteiger partial charge in [0.2, 0.25) is 0 Å². The molecule has 1 saturated heterocycles. The van der Waals surface area contributed by atoms with Crippen molar-refractivity contribution in [3.05, 3.63) is 35.9 Å². The average Bonchev–Trinajstić information content (AvgIpc) is 2.95. The third kappa shape index (κ3) is 2.13. The number of rotatable bonds is 3. The Morgan fingerprint density at radius 3 is 2.75 bits per heavy atom. The Bertz CT molecular complexity index is 351. The maximum Gasteiger partial charge on any atom is 0.0679 e. The minimum Gasteiger partial charge on any atom is -0.392 e. The second-order valence-electron chi connectivity index (χ2n) is 5.22. The van der Waals surface area contributed by atoms with Crippen LogP contribution < -0.4 is 0 Å². The monoisotopic (exact) mass is 217 g/mol. The third-order valence-corrected chi connectivity index (χ3v) is 3.89. The molecule has 0 spiro atoms. The summed E-state index contributed by atoms with van der Waals surface area (Å²) in [7, 11) is 0. The van der Waals surface area contributed by atoms with Gasteiger partial charge in [0.15, 0.2) is 0 Å². The Balaban J connectivity index is 1.53. The van der Waals surface area contributed by atoms with Gasteiger partial charge in [-0.15, -0.1) is 0 Å². The molecule has 1 aliphatic heterocycles. The zero-order chi connectivity index (χ0) is 11.0. The van der Waals surface area contributed by atoms with Gasteiger partial charge in [0.05, 0.1) is 6.10 Å². The molecule has 86 valence electrons. The van der Waals surface area contributed by atoms with Crippen molar-refractivity contribution in [1.82, 2.24) is 4.90 Å². The first kappa shape index (κ1) is 10.3. The fourth-order valence-electron chi connectivity index (χ4n) is 2.87. The number of aliphatic hydroxyl groups is 1. The Kier molecular flexibility index (Phi) is 2.70. The summed E-state index contributed by atoms with van der Waals surface area (Å²) >= 11 is 0. The van der Waals surface area contributed by atoms with E-state index >= 15 is 0 Å². The predicted molar refractivity (Wildman–Crippen MR) is 64.4 cm³/mol. The van der Waals surface area contributed by atoms with Crippen LogP contribution in [0, 0.1) is 5.92 Å². The van der Waals surface area contributed by atoms with Crippen LogP contribution >= 0.6 is 0 Å². The minimum absolute atomic E-state index is 0.0751. The highest BCUT2D eigenvalue weighted by molar-refractivity contribution is 5.25. The molecule has 1 heterocycles. The molecule has 1 aliphatic carbocycles. The number of likely N-dealkylation sites (tertiary alicyclic amines) is 1. The SMILES string of the molecule is O[C@@H]1CCN(CC2CC2c2ccccc2)C1. The van der Waals surface area contributed by atoms with Gasteiger partial charge in [0.25, 0.3) is 0 Å². The largest absolute Gasteiger partial charge is 0.392 e. The van der Waals surface area contributed by atoms with Crippen molar-refractivity contribution in [3.8, 4) is 0 Å². The Labute approximate surface area is 96.9 Å². The highest BCUT2D eigenvalue weighted by Gasteiger charge is 2.39. The molecule has 1 saturated carbocycles. The van der Waals surface area contributed by atoms with Crippen LogP contribution in [0.1, 0.15) is 24.3 Å². The van der Waals surface area contributed by atoms with Gasteiger partial charge in [-0.05, 0) is 30.2 Å². The molecule has 3 rings (SSSR count). The zero-order valence-electron chi connectivity index (χ0n) is 9.55. The maximum atomic E-state index is 9.47. The molecule has 2 fully saturated rings. The standard InChI is InChI=1S/C14H19NO/c16-13-6-7-15(10-13)9-12-8-14(12)11-4-2-1-3-5-11/h1-5,12-14,16H,6-10H2/t12?,13-,14?/m1/s1. The molecule has 2 aliphatic rings. The van der Waals surface area contributed by atoms with Gasteiger partial charge in [-0.2, -0.15) is 0 Å². The molecular formula is C14H19NO. The van der Waals surface area contributed by atoms with Crippen LogP contribution in [0.5, 0.6) is 0 Å². The second kappa shape index (κ2) is 4.19. The Morgan fingerprint density at radius 1 is 1.25 bits per heavy atom. The molecule has 2 heteroatoms. The fraction of sp³-hybridized carbons (Fsp3) is 0.571. The molecular weight excluding hydrogens is 198 g/mol. The van der Waals surface area contributed by atoms with Crippen molar-refractivity contribution in [2.75, 3.05) is 19.6 Å². The molecule has 2 nitrogen and oxygen atoms in total. The van der Waals surface area contributed by atoms with Crippen LogP contribution in [0.15, 0.2) is 30.3 Å². The number of benzene rings is 1. The highest BCUT2D eigenvalue weighted by Crippen LogP contribution is 2.47. The quantitative estimate of drug-likeness (QED) is 0.835. The maximum absolute atomic E-state index is 9.47. The van der Waals surface area contributed by atoms with Gasteiger partial charge < -0.3 is 10.0 Å². The van der Waals surface area contributed by atoms with Gasteiger partial charge in [0.1, 0.15) is 0 Å². The summed E-state index contributed by atoms with van der Waals surface area (Å²) in [5, 5.41) is 9.47. The van der Waals surface area contributed by atoms with Crippen LogP contribution in [-0.2, 0) is 0 Å². The van der Waals surface area contributed by atoms with E-state index in [1.165, 1.54) is 18.5 Å². The van der Waals surface area contributed by atoms with Crippen molar-refractivity contribution in [3.63, 3.8) is 0 Å². The first-order valence-corrected chi connectivity index (χ1v) is 6.28. The molecule has 3 atom stereocenters. The van der Waals surface area contributed by atoms with Crippen LogP contribution in [0.3, 0.4) is 0 Å². The number of β-amino-alcohol motifs (C(OH)–C–C–N with tert-alkyl or cyclic N) is 1. The van der Waals surface area contributed by atoms with E-state index in [0.717, 1.165) is 31.3 Å².